The number of hydrogen-bond donors (Lipinski definition) is 1. The predicted molar refractivity (Wildman–Crippen MR) is 87.4 cm³/mol. The summed E-state index contributed by atoms with van der Waals surface area (Å²) in [6.07, 6.45) is 1.67. The highest BCUT2D eigenvalue weighted by Gasteiger charge is 2.27. The molecule has 0 bridgehead atoms. The number of benzene rings is 1. The standard InChI is InChI=1S/C16H19ClN4O2/c1-2-18-16(22)21-9-7-12(8-10-21)15-19-14(20-23-15)11-3-5-13(17)6-4-11/h3-6,12H,2,7-10H2,1H3,(H,18,22). The lowest BCUT2D eigenvalue weighted by Crippen LogP contribution is -2.44. The quantitative estimate of drug-likeness (QED) is 0.934. The Balaban J connectivity index is 1.63. The maximum Gasteiger partial charge on any atom is 0.317 e. The fourth-order valence-electron chi connectivity index (χ4n) is 2.71. The van der Waals surface area contributed by atoms with Gasteiger partial charge in [0, 0.05) is 36.1 Å². The SMILES string of the molecule is CCNC(=O)N1CCC(c2nc(-c3ccc(Cl)cc3)no2)CC1. The summed E-state index contributed by atoms with van der Waals surface area (Å²) in [4.78, 5) is 18.1. The van der Waals surface area contributed by atoms with Crippen LogP contribution in [0.3, 0.4) is 0 Å². The topological polar surface area (TPSA) is 71.3 Å². The van der Waals surface area contributed by atoms with Crippen molar-refractivity contribution in [1.29, 1.82) is 0 Å². The maximum atomic E-state index is 11.8. The monoisotopic (exact) mass is 334 g/mol. The van der Waals surface area contributed by atoms with E-state index in [1.165, 1.54) is 0 Å². The van der Waals surface area contributed by atoms with E-state index in [9.17, 15) is 4.79 Å². The van der Waals surface area contributed by atoms with Gasteiger partial charge in [0.2, 0.25) is 11.7 Å². The Labute approximate surface area is 139 Å². The highest BCUT2D eigenvalue weighted by atomic mass is 35.5. The van der Waals surface area contributed by atoms with Crippen molar-refractivity contribution < 1.29 is 9.32 Å². The van der Waals surface area contributed by atoms with Crippen molar-refractivity contribution in [3.63, 3.8) is 0 Å². The van der Waals surface area contributed by atoms with Gasteiger partial charge in [0.25, 0.3) is 0 Å². The molecular weight excluding hydrogens is 316 g/mol. The Morgan fingerprint density at radius 1 is 1.35 bits per heavy atom. The number of nitrogens with zero attached hydrogens (tertiary/aromatic N) is 3. The zero-order chi connectivity index (χ0) is 16.2. The van der Waals surface area contributed by atoms with E-state index in [4.69, 9.17) is 16.1 Å². The Hall–Kier alpha value is -2.08. The van der Waals surface area contributed by atoms with Gasteiger partial charge in [-0.2, -0.15) is 4.98 Å². The zero-order valence-electron chi connectivity index (χ0n) is 13.0. The molecule has 0 unspecified atom stereocenters. The van der Waals surface area contributed by atoms with Gasteiger partial charge in [-0.15, -0.1) is 0 Å². The Morgan fingerprint density at radius 3 is 2.70 bits per heavy atom. The largest absolute Gasteiger partial charge is 0.339 e. The molecule has 1 aliphatic rings. The molecule has 6 nitrogen and oxygen atoms in total. The van der Waals surface area contributed by atoms with Gasteiger partial charge >= 0.3 is 6.03 Å². The number of piperidine rings is 1. The molecule has 122 valence electrons. The summed E-state index contributed by atoms with van der Waals surface area (Å²) < 4.78 is 5.42. The molecule has 0 spiro atoms. The highest BCUT2D eigenvalue weighted by Crippen LogP contribution is 2.28. The summed E-state index contributed by atoms with van der Waals surface area (Å²) in [7, 11) is 0. The molecule has 1 aromatic heterocycles. The van der Waals surface area contributed by atoms with Gasteiger partial charge in [-0.25, -0.2) is 4.79 Å². The molecule has 0 radical (unpaired) electrons. The van der Waals surface area contributed by atoms with Crippen LogP contribution in [0.2, 0.25) is 5.02 Å². The minimum Gasteiger partial charge on any atom is -0.339 e. The lowest BCUT2D eigenvalue weighted by molar-refractivity contribution is 0.176. The molecule has 1 saturated heterocycles. The van der Waals surface area contributed by atoms with Crippen LogP contribution in [0, 0.1) is 0 Å². The van der Waals surface area contributed by atoms with E-state index in [0.717, 1.165) is 18.4 Å². The number of carbonyl (C=O) groups is 1. The number of carbonyl (C=O) groups excluding carboxylic acids is 1. The molecule has 2 aromatic rings. The Morgan fingerprint density at radius 2 is 2.04 bits per heavy atom. The van der Waals surface area contributed by atoms with Crippen molar-refractivity contribution in [3.8, 4) is 11.4 Å². The number of nitrogens with one attached hydrogen (secondary N) is 1. The lowest BCUT2D eigenvalue weighted by Gasteiger charge is -2.30. The first kappa shape index (κ1) is 15.8. The van der Waals surface area contributed by atoms with Crippen molar-refractivity contribution in [3.05, 3.63) is 35.2 Å². The van der Waals surface area contributed by atoms with Gasteiger partial charge in [-0.05, 0) is 44.0 Å². The number of amides is 2. The average Bonchev–Trinajstić information content (AvgIpc) is 3.06. The molecule has 1 N–H and O–H groups in total. The summed E-state index contributed by atoms with van der Waals surface area (Å²) >= 11 is 5.89. The molecule has 0 aliphatic carbocycles. The van der Waals surface area contributed by atoms with E-state index >= 15 is 0 Å². The zero-order valence-corrected chi connectivity index (χ0v) is 13.7. The molecule has 1 aromatic carbocycles. The van der Waals surface area contributed by atoms with Gasteiger partial charge in [-0.3, -0.25) is 0 Å². The number of rotatable bonds is 3. The molecule has 1 fully saturated rings. The summed E-state index contributed by atoms with van der Waals surface area (Å²) in [5.41, 5.74) is 0.879. The van der Waals surface area contributed by atoms with Gasteiger partial charge in [0.05, 0.1) is 0 Å². The maximum absolute atomic E-state index is 11.8. The number of urea groups is 1. The average molecular weight is 335 g/mol. The van der Waals surface area contributed by atoms with Crippen molar-refractivity contribution in [2.45, 2.75) is 25.7 Å². The van der Waals surface area contributed by atoms with Crippen LogP contribution < -0.4 is 5.32 Å². The third-order valence-electron chi connectivity index (χ3n) is 4.00. The number of hydrogen-bond acceptors (Lipinski definition) is 4. The van der Waals surface area contributed by atoms with E-state index in [2.05, 4.69) is 15.5 Å². The predicted octanol–water partition coefficient (Wildman–Crippen LogP) is 3.30. The summed E-state index contributed by atoms with van der Waals surface area (Å²) in [6, 6.07) is 7.34. The third kappa shape index (κ3) is 3.64. The molecule has 0 atom stereocenters. The van der Waals surface area contributed by atoms with Gasteiger partial charge in [-0.1, -0.05) is 16.8 Å². The minimum absolute atomic E-state index is 0.00154. The summed E-state index contributed by atoms with van der Waals surface area (Å²) in [5.74, 6) is 1.42. The summed E-state index contributed by atoms with van der Waals surface area (Å²) in [5, 5.41) is 7.55. The molecule has 23 heavy (non-hydrogen) atoms. The van der Waals surface area contributed by atoms with Crippen LogP contribution >= 0.6 is 11.6 Å². The molecule has 0 saturated carbocycles. The number of halogens is 1. The second-order valence-corrected chi connectivity index (χ2v) is 6.00. The van der Waals surface area contributed by atoms with Crippen LogP contribution in [0.25, 0.3) is 11.4 Å². The molecule has 1 aliphatic heterocycles. The Kier molecular flexibility index (Phi) is 4.81. The second kappa shape index (κ2) is 7.00. The van der Waals surface area contributed by atoms with Crippen LogP contribution in [0.15, 0.2) is 28.8 Å². The molecule has 2 heterocycles. The number of likely N-dealkylation sites (tertiary alicyclic amines) is 1. The van der Waals surface area contributed by atoms with E-state index in [0.29, 0.717) is 36.4 Å². The van der Waals surface area contributed by atoms with Crippen molar-refractivity contribution in [2.75, 3.05) is 19.6 Å². The van der Waals surface area contributed by atoms with Gasteiger partial charge < -0.3 is 14.7 Å². The van der Waals surface area contributed by atoms with Gasteiger partial charge in [0.1, 0.15) is 0 Å². The third-order valence-corrected chi connectivity index (χ3v) is 4.26. The fraction of sp³-hybridized carbons (Fsp3) is 0.438. The van der Waals surface area contributed by atoms with Crippen LogP contribution in [-0.2, 0) is 0 Å². The van der Waals surface area contributed by atoms with E-state index in [1.807, 2.05) is 24.0 Å². The molecule has 7 heteroatoms. The van der Waals surface area contributed by atoms with Gasteiger partial charge in [0.15, 0.2) is 0 Å². The highest BCUT2D eigenvalue weighted by molar-refractivity contribution is 6.30. The Bertz CT molecular complexity index is 663. The van der Waals surface area contributed by atoms with E-state index in [1.54, 1.807) is 12.1 Å². The van der Waals surface area contributed by atoms with Crippen LogP contribution in [0.4, 0.5) is 4.79 Å². The van der Waals surface area contributed by atoms with Crippen molar-refractivity contribution in [1.82, 2.24) is 20.4 Å². The molecule has 2 amide bonds. The second-order valence-electron chi connectivity index (χ2n) is 5.56. The minimum atomic E-state index is -0.00154. The normalized spacial score (nSPS) is 15.7. The van der Waals surface area contributed by atoms with Crippen LogP contribution in [-0.4, -0.2) is 40.7 Å². The van der Waals surface area contributed by atoms with E-state index in [-0.39, 0.29) is 11.9 Å². The van der Waals surface area contributed by atoms with Crippen molar-refractivity contribution in [2.24, 2.45) is 0 Å². The van der Waals surface area contributed by atoms with E-state index < -0.39 is 0 Å². The van der Waals surface area contributed by atoms with Crippen LogP contribution in [0.1, 0.15) is 31.6 Å². The molecule has 3 rings (SSSR count). The first-order chi connectivity index (χ1) is 11.2. The first-order valence-corrected chi connectivity index (χ1v) is 8.17. The number of aromatic nitrogens is 2. The lowest BCUT2D eigenvalue weighted by atomic mass is 9.97. The summed E-state index contributed by atoms with van der Waals surface area (Å²) in [6.45, 7) is 3.97. The smallest absolute Gasteiger partial charge is 0.317 e. The van der Waals surface area contributed by atoms with Crippen molar-refractivity contribution >= 4 is 17.6 Å². The first-order valence-electron chi connectivity index (χ1n) is 7.79. The fourth-order valence-corrected chi connectivity index (χ4v) is 2.84. The van der Waals surface area contributed by atoms with Crippen LogP contribution in [0.5, 0.6) is 0 Å². The molecular formula is C16H19ClN4O2.